The first-order valence-corrected chi connectivity index (χ1v) is 14.8. The highest BCUT2D eigenvalue weighted by Crippen LogP contribution is 2.55. The molecule has 0 spiro atoms. The van der Waals surface area contributed by atoms with E-state index in [4.69, 9.17) is 9.57 Å². The lowest BCUT2D eigenvalue weighted by atomic mass is 9.52. The molecule has 1 aromatic heterocycles. The molecule has 4 fully saturated rings. The van der Waals surface area contributed by atoms with Gasteiger partial charge in [0, 0.05) is 30.5 Å². The predicted molar refractivity (Wildman–Crippen MR) is 156 cm³/mol. The summed E-state index contributed by atoms with van der Waals surface area (Å²) in [5.74, 6) is 2.68. The first-order chi connectivity index (χ1) is 19.8. The summed E-state index contributed by atoms with van der Waals surface area (Å²) in [5, 5.41) is 15.7. The van der Waals surface area contributed by atoms with Crippen LogP contribution in [0.1, 0.15) is 46.0 Å². The van der Waals surface area contributed by atoms with E-state index in [1.165, 1.54) is 0 Å². The highest BCUT2D eigenvalue weighted by Gasteiger charge is 2.55. The summed E-state index contributed by atoms with van der Waals surface area (Å²) >= 11 is 0. The minimum absolute atomic E-state index is 0.0710. The molecule has 2 aromatic carbocycles. The van der Waals surface area contributed by atoms with E-state index < -0.39 is 11.7 Å². The second-order valence-electron chi connectivity index (χ2n) is 12.4. The minimum Gasteiger partial charge on any atom is -0.491 e. The van der Waals surface area contributed by atoms with Gasteiger partial charge in [0.05, 0.1) is 29.6 Å². The maximum Gasteiger partial charge on any atom is 0.431 e. The van der Waals surface area contributed by atoms with Crippen LogP contribution in [0, 0.1) is 17.8 Å². The molecule has 4 aliphatic carbocycles. The molecule has 5 aliphatic rings. The number of carbonyl (C=O) groups excluding carboxylic acids is 1. The van der Waals surface area contributed by atoms with Crippen LogP contribution in [0.2, 0.25) is 0 Å². The van der Waals surface area contributed by atoms with Crippen LogP contribution in [-0.4, -0.2) is 52.0 Å². The van der Waals surface area contributed by atoms with Crippen molar-refractivity contribution in [1.29, 1.82) is 0 Å². The van der Waals surface area contributed by atoms with Gasteiger partial charge in [-0.25, -0.2) is 19.8 Å². The zero-order chi connectivity index (χ0) is 28.1. The number of fused-ring (bicyclic) bond motifs is 1. The van der Waals surface area contributed by atoms with Crippen molar-refractivity contribution in [1.82, 2.24) is 15.3 Å². The number of nitrogens with one attached hydrogen (secondary N) is 1. The zero-order valence-corrected chi connectivity index (χ0v) is 23.6. The number of hydroxylamine groups is 1. The Morgan fingerprint density at radius 1 is 0.951 bits per heavy atom. The van der Waals surface area contributed by atoms with Crippen LogP contribution >= 0.6 is 0 Å². The Morgan fingerprint density at radius 2 is 1.63 bits per heavy atom. The average Bonchev–Trinajstić information content (AvgIpc) is 2.95. The maximum atomic E-state index is 13.1. The lowest BCUT2D eigenvalue weighted by Crippen LogP contribution is -2.62. The van der Waals surface area contributed by atoms with Crippen LogP contribution in [0.25, 0.3) is 11.1 Å². The van der Waals surface area contributed by atoms with Gasteiger partial charge >= 0.3 is 6.09 Å². The molecule has 4 saturated carbocycles. The van der Waals surface area contributed by atoms with Gasteiger partial charge in [-0.3, -0.25) is 0 Å². The molecule has 8 rings (SSSR count). The number of aliphatic hydroxyl groups is 1. The molecular formula is C32H37N5O4. The van der Waals surface area contributed by atoms with Crippen LogP contribution in [0.15, 0.2) is 60.9 Å². The Kier molecular flexibility index (Phi) is 6.49. The lowest BCUT2D eigenvalue weighted by Gasteiger charge is -2.57. The van der Waals surface area contributed by atoms with Crippen molar-refractivity contribution in [2.75, 3.05) is 23.1 Å². The monoisotopic (exact) mass is 555 g/mol. The van der Waals surface area contributed by atoms with Gasteiger partial charge in [0.15, 0.2) is 0 Å². The normalized spacial score (nSPS) is 28.0. The number of carbonyl (C=O) groups is 1. The first kappa shape index (κ1) is 26.1. The van der Waals surface area contributed by atoms with E-state index >= 15 is 0 Å². The SMILES string of the molecule is CC(C)Oc1ccc(-c2cnc(N3CCN(OC(=O)NC4[C@@H]5CC6C[C@H]4CC(O)(C6)C5)c4ccccc43)nc2)cc1. The highest BCUT2D eigenvalue weighted by molar-refractivity contribution is 5.79. The molecule has 1 aliphatic heterocycles. The van der Waals surface area contributed by atoms with E-state index in [0.717, 1.165) is 60.4 Å². The number of hydrogen-bond acceptors (Lipinski definition) is 8. The fourth-order valence-electron chi connectivity index (χ4n) is 7.72. The summed E-state index contributed by atoms with van der Waals surface area (Å²) in [5.41, 5.74) is 3.09. The van der Waals surface area contributed by atoms with Crippen LogP contribution in [0.4, 0.5) is 22.1 Å². The molecule has 41 heavy (non-hydrogen) atoms. The summed E-state index contributed by atoms with van der Waals surface area (Å²) in [6, 6.07) is 15.8. The van der Waals surface area contributed by atoms with Crippen molar-refractivity contribution in [3.05, 3.63) is 60.9 Å². The van der Waals surface area contributed by atoms with E-state index in [1.54, 1.807) is 5.06 Å². The first-order valence-electron chi connectivity index (χ1n) is 14.8. The van der Waals surface area contributed by atoms with Gasteiger partial charge in [0.1, 0.15) is 5.75 Å². The molecule has 0 saturated heterocycles. The highest BCUT2D eigenvalue weighted by atomic mass is 16.7. The van der Waals surface area contributed by atoms with E-state index in [0.29, 0.717) is 36.8 Å². The van der Waals surface area contributed by atoms with E-state index in [-0.39, 0.29) is 12.1 Å². The van der Waals surface area contributed by atoms with Crippen LogP contribution < -0.4 is 20.0 Å². The van der Waals surface area contributed by atoms with Crippen molar-refractivity contribution < 1.29 is 19.5 Å². The van der Waals surface area contributed by atoms with Crippen LogP contribution in [0.5, 0.6) is 5.75 Å². The van der Waals surface area contributed by atoms with Gasteiger partial charge in [-0.15, -0.1) is 0 Å². The lowest BCUT2D eigenvalue weighted by molar-refractivity contribution is -0.137. The number of ether oxygens (including phenoxy) is 1. The van der Waals surface area contributed by atoms with Gasteiger partial charge < -0.3 is 24.9 Å². The summed E-state index contributed by atoms with van der Waals surface area (Å²) in [7, 11) is 0. The van der Waals surface area contributed by atoms with Crippen molar-refractivity contribution >= 4 is 23.4 Å². The zero-order valence-electron chi connectivity index (χ0n) is 23.6. The van der Waals surface area contributed by atoms with Gasteiger partial charge in [0.2, 0.25) is 5.95 Å². The van der Waals surface area contributed by atoms with E-state index in [1.807, 2.05) is 74.8 Å². The van der Waals surface area contributed by atoms with Gasteiger partial charge in [-0.1, -0.05) is 24.3 Å². The van der Waals surface area contributed by atoms with E-state index in [9.17, 15) is 9.90 Å². The maximum absolute atomic E-state index is 13.1. The fraction of sp³-hybridized carbons (Fsp3) is 0.469. The molecule has 2 N–H and O–H groups in total. The summed E-state index contributed by atoms with van der Waals surface area (Å²) in [6.45, 7) is 5.06. The molecule has 5 atom stereocenters. The standard InChI is InChI=1S/C32H37N5O4/c1-20(2)40-26-9-7-22(8-10-26)25-18-33-30(34-19-25)36-11-12-37(28-6-4-3-5-27(28)36)41-31(38)35-29-23-13-21-14-24(29)17-32(39,15-21)16-23/h3-10,18-21,23-24,29,39H,11-17H2,1-2H3,(H,35,38)/t21?,23-,24+,29?,32?. The quantitative estimate of drug-likeness (QED) is 0.413. The van der Waals surface area contributed by atoms with Gasteiger partial charge in [-0.05, 0) is 93.5 Å². The van der Waals surface area contributed by atoms with Crippen molar-refractivity contribution in [2.45, 2.75) is 63.7 Å². The Hall–Kier alpha value is -3.85. The molecule has 1 amide bonds. The molecular weight excluding hydrogens is 518 g/mol. The Morgan fingerprint density at radius 3 is 2.29 bits per heavy atom. The van der Waals surface area contributed by atoms with Crippen molar-refractivity contribution in [3.63, 3.8) is 0 Å². The second kappa shape index (κ2) is 10.2. The number of nitrogens with zero attached hydrogens (tertiary/aromatic N) is 4. The smallest absolute Gasteiger partial charge is 0.431 e. The van der Waals surface area contributed by atoms with E-state index in [2.05, 4.69) is 20.2 Å². The number of benzene rings is 2. The van der Waals surface area contributed by atoms with Crippen molar-refractivity contribution in [2.24, 2.45) is 17.8 Å². The third-order valence-corrected chi connectivity index (χ3v) is 9.13. The predicted octanol–water partition coefficient (Wildman–Crippen LogP) is 5.47. The number of anilines is 3. The summed E-state index contributed by atoms with van der Waals surface area (Å²) < 4.78 is 5.75. The number of para-hydroxylation sites is 2. The number of aromatic nitrogens is 2. The van der Waals surface area contributed by atoms with Crippen LogP contribution in [-0.2, 0) is 4.84 Å². The largest absolute Gasteiger partial charge is 0.491 e. The number of amides is 1. The second-order valence-corrected chi connectivity index (χ2v) is 12.4. The average molecular weight is 556 g/mol. The third kappa shape index (κ3) is 5.07. The molecule has 0 radical (unpaired) electrons. The molecule has 9 heteroatoms. The summed E-state index contributed by atoms with van der Waals surface area (Å²) in [6.07, 6.45) is 8.02. The Balaban J connectivity index is 1.03. The fourth-order valence-corrected chi connectivity index (χ4v) is 7.72. The number of hydrogen-bond donors (Lipinski definition) is 2. The third-order valence-electron chi connectivity index (χ3n) is 9.13. The topological polar surface area (TPSA) is 100 Å². The van der Waals surface area contributed by atoms with Crippen molar-refractivity contribution in [3.8, 4) is 16.9 Å². The molecule has 4 bridgehead atoms. The Bertz CT molecular complexity index is 1400. The molecule has 9 nitrogen and oxygen atoms in total. The number of rotatable bonds is 6. The summed E-state index contributed by atoms with van der Waals surface area (Å²) in [4.78, 5) is 30.4. The van der Waals surface area contributed by atoms with Gasteiger partial charge in [-0.2, -0.15) is 0 Å². The Labute approximate surface area is 240 Å². The molecule has 3 aromatic rings. The van der Waals surface area contributed by atoms with Gasteiger partial charge in [0.25, 0.3) is 0 Å². The molecule has 2 heterocycles. The molecule has 3 unspecified atom stereocenters. The molecule has 214 valence electrons. The minimum atomic E-state index is -0.527. The van der Waals surface area contributed by atoms with Crippen LogP contribution in [0.3, 0.4) is 0 Å².